The molecule has 17 heavy (non-hydrogen) atoms. The summed E-state index contributed by atoms with van der Waals surface area (Å²) >= 11 is 0. The molecule has 1 unspecified atom stereocenters. The van der Waals surface area contributed by atoms with Gasteiger partial charge in [-0.25, -0.2) is 0 Å². The smallest absolute Gasteiger partial charge is 0.270 e. The highest BCUT2D eigenvalue weighted by atomic mass is 16.1. The molecule has 0 aliphatic rings. The van der Waals surface area contributed by atoms with Crippen molar-refractivity contribution in [2.45, 2.75) is 19.5 Å². The van der Waals surface area contributed by atoms with Gasteiger partial charge in [-0.3, -0.25) is 14.5 Å². The lowest BCUT2D eigenvalue weighted by Crippen LogP contribution is -2.36. The molecule has 1 atom stereocenters. The predicted molar refractivity (Wildman–Crippen MR) is 63.4 cm³/mol. The molecular weight excluding hydrogens is 216 g/mol. The number of nitrogens with zero attached hydrogens (tertiary/aromatic N) is 3. The lowest BCUT2D eigenvalue weighted by atomic mass is 10.3. The molecule has 0 aliphatic carbocycles. The largest absolute Gasteiger partial charge is 0.346 e. The van der Waals surface area contributed by atoms with Crippen LogP contribution in [0.2, 0.25) is 0 Å². The molecule has 2 heterocycles. The first-order valence-corrected chi connectivity index (χ1v) is 5.45. The average molecular weight is 230 g/mol. The first-order valence-electron chi connectivity index (χ1n) is 5.45. The quantitative estimate of drug-likeness (QED) is 0.855. The molecule has 0 saturated carbocycles. The van der Waals surface area contributed by atoms with Gasteiger partial charge in [0.25, 0.3) is 5.91 Å². The van der Waals surface area contributed by atoms with Crippen molar-refractivity contribution in [3.63, 3.8) is 0 Å². The number of rotatable bonds is 4. The second kappa shape index (κ2) is 5.25. The minimum Gasteiger partial charge on any atom is -0.346 e. The van der Waals surface area contributed by atoms with Gasteiger partial charge in [0.05, 0.1) is 6.54 Å². The number of carbonyl (C=O) groups excluding carboxylic acids is 1. The van der Waals surface area contributed by atoms with Crippen molar-refractivity contribution in [3.05, 3.63) is 48.5 Å². The first-order chi connectivity index (χ1) is 8.25. The van der Waals surface area contributed by atoms with Crippen molar-refractivity contribution < 1.29 is 4.79 Å². The third-order valence-corrected chi connectivity index (χ3v) is 2.30. The first kappa shape index (κ1) is 11.3. The van der Waals surface area contributed by atoms with Crippen molar-refractivity contribution in [2.24, 2.45) is 0 Å². The van der Waals surface area contributed by atoms with E-state index in [2.05, 4.69) is 15.4 Å². The van der Waals surface area contributed by atoms with Crippen LogP contribution in [0.3, 0.4) is 0 Å². The van der Waals surface area contributed by atoms with Gasteiger partial charge in [0.2, 0.25) is 0 Å². The summed E-state index contributed by atoms with van der Waals surface area (Å²) in [6.07, 6.45) is 5.18. The molecular formula is C12H14N4O. The van der Waals surface area contributed by atoms with Crippen LogP contribution in [0, 0.1) is 0 Å². The molecule has 0 aromatic carbocycles. The Morgan fingerprint density at radius 1 is 1.41 bits per heavy atom. The highest BCUT2D eigenvalue weighted by Crippen LogP contribution is 1.96. The molecule has 1 N–H and O–H groups in total. The highest BCUT2D eigenvalue weighted by molar-refractivity contribution is 5.92. The second-order valence-corrected chi connectivity index (χ2v) is 3.82. The third-order valence-electron chi connectivity index (χ3n) is 2.30. The van der Waals surface area contributed by atoms with Crippen LogP contribution in [0.5, 0.6) is 0 Å². The van der Waals surface area contributed by atoms with Crippen LogP contribution in [-0.2, 0) is 6.54 Å². The van der Waals surface area contributed by atoms with Gasteiger partial charge >= 0.3 is 0 Å². The summed E-state index contributed by atoms with van der Waals surface area (Å²) < 4.78 is 1.78. The SMILES string of the molecule is CC(Cn1cccn1)NC(=O)c1ccccn1. The van der Waals surface area contributed by atoms with Crippen LogP contribution in [0.25, 0.3) is 0 Å². The zero-order valence-electron chi connectivity index (χ0n) is 9.58. The molecule has 2 aromatic heterocycles. The molecule has 0 aliphatic heterocycles. The molecule has 5 nitrogen and oxygen atoms in total. The Morgan fingerprint density at radius 3 is 2.94 bits per heavy atom. The Kier molecular flexibility index (Phi) is 3.49. The van der Waals surface area contributed by atoms with E-state index in [1.807, 2.05) is 19.2 Å². The van der Waals surface area contributed by atoms with Crippen LogP contribution in [0.15, 0.2) is 42.9 Å². The van der Waals surface area contributed by atoms with Gasteiger partial charge in [0, 0.05) is 24.6 Å². The molecule has 0 spiro atoms. The molecule has 0 bridgehead atoms. The van der Waals surface area contributed by atoms with E-state index < -0.39 is 0 Å². The van der Waals surface area contributed by atoms with E-state index in [0.29, 0.717) is 12.2 Å². The molecule has 5 heteroatoms. The van der Waals surface area contributed by atoms with E-state index in [1.165, 1.54) is 0 Å². The summed E-state index contributed by atoms with van der Waals surface area (Å²) in [4.78, 5) is 15.8. The maximum Gasteiger partial charge on any atom is 0.270 e. The summed E-state index contributed by atoms with van der Waals surface area (Å²) in [6.45, 7) is 2.58. The van der Waals surface area contributed by atoms with Crippen LogP contribution >= 0.6 is 0 Å². The molecule has 2 aromatic rings. The van der Waals surface area contributed by atoms with Crippen LogP contribution in [0.4, 0.5) is 0 Å². The summed E-state index contributed by atoms with van der Waals surface area (Å²) in [5.74, 6) is -0.162. The third kappa shape index (κ3) is 3.14. The minimum absolute atomic E-state index is 0.00408. The Hall–Kier alpha value is -2.17. The Bertz CT molecular complexity index is 467. The zero-order valence-corrected chi connectivity index (χ0v) is 9.58. The molecule has 88 valence electrons. The lowest BCUT2D eigenvalue weighted by Gasteiger charge is -2.13. The number of aromatic nitrogens is 3. The van der Waals surface area contributed by atoms with Crippen molar-refractivity contribution in [1.82, 2.24) is 20.1 Å². The highest BCUT2D eigenvalue weighted by Gasteiger charge is 2.10. The van der Waals surface area contributed by atoms with Crippen LogP contribution < -0.4 is 5.32 Å². The zero-order chi connectivity index (χ0) is 12.1. The standard InChI is InChI=1S/C12H14N4O/c1-10(9-16-8-4-7-14-16)15-12(17)11-5-2-3-6-13-11/h2-8,10H,9H2,1H3,(H,15,17). The van der Waals surface area contributed by atoms with E-state index in [0.717, 1.165) is 0 Å². The molecule has 0 fully saturated rings. The fourth-order valence-electron chi connectivity index (χ4n) is 1.53. The van der Waals surface area contributed by atoms with Gasteiger partial charge in [-0.2, -0.15) is 5.10 Å². The number of hydrogen-bond acceptors (Lipinski definition) is 3. The molecule has 2 rings (SSSR count). The van der Waals surface area contributed by atoms with Crippen molar-refractivity contribution in [1.29, 1.82) is 0 Å². The molecule has 1 amide bonds. The van der Waals surface area contributed by atoms with Crippen molar-refractivity contribution >= 4 is 5.91 Å². The average Bonchev–Trinajstić information content (AvgIpc) is 2.82. The van der Waals surface area contributed by atoms with E-state index in [1.54, 1.807) is 35.3 Å². The van der Waals surface area contributed by atoms with E-state index >= 15 is 0 Å². The fourth-order valence-corrected chi connectivity index (χ4v) is 1.53. The van der Waals surface area contributed by atoms with Gasteiger partial charge < -0.3 is 5.32 Å². The number of nitrogens with one attached hydrogen (secondary N) is 1. The second-order valence-electron chi connectivity index (χ2n) is 3.82. The van der Waals surface area contributed by atoms with Gasteiger partial charge in [0.1, 0.15) is 5.69 Å². The van der Waals surface area contributed by atoms with Crippen LogP contribution in [0.1, 0.15) is 17.4 Å². The number of amides is 1. The Labute approximate surface area is 99.5 Å². The van der Waals surface area contributed by atoms with Gasteiger partial charge in [-0.05, 0) is 25.1 Å². The fraction of sp³-hybridized carbons (Fsp3) is 0.250. The maximum atomic E-state index is 11.8. The molecule has 0 radical (unpaired) electrons. The lowest BCUT2D eigenvalue weighted by molar-refractivity contribution is 0.0931. The van der Waals surface area contributed by atoms with E-state index in [-0.39, 0.29) is 11.9 Å². The van der Waals surface area contributed by atoms with Gasteiger partial charge in [-0.1, -0.05) is 6.07 Å². The van der Waals surface area contributed by atoms with Gasteiger partial charge in [0.15, 0.2) is 0 Å². The Balaban J connectivity index is 1.91. The topological polar surface area (TPSA) is 59.8 Å². The molecule has 0 saturated heterocycles. The summed E-state index contributed by atoms with van der Waals surface area (Å²) in [7, 11) is 0. The monoisotopic (exact) mass is 230 g/mol. The normalized spacial score (nSPS) is 12.1. The number of hydrogen-bond donors (Lipinski definition) is 1. The number of pyridine rings is 1. The minimum atomic E-state index is -0.162. The van der Waals surface area contributed by atoms with E-state index in [9.17, 15) is 4.79 Å². The van der Waals surface area contributed by atoms with Crippen LogP contribution in [-0.4, -0.2) is 26.7 Å². The summed E-state index contributed by atoms with van der Waals surface area (Å²) in [6, 6.07) is 7.12. The maximum absolute atomic E-state index is 11.8. The van der Waals surface area contributed by atoms with Gasteiger partial charge in [-0.15, -0.1) is 0 Å². The predicted octanol–water partition coefficient (Wildman–Crippen LogP) is 1.10. The van der Waals surface area contributed by atoms with E-state index in [4.69, 9.17) is 0 Å². The summed E-state index contributed by atoms with van der Waals surface area (Å²) in [5, 5.41) is 6.96. The van der Waals surface area contributed by atoms with Crippen molar-refractivity contribution in [2.75, 3.05) is 0 Å². The Morgan fingerprint density at radius 2 is 2.29 bits per heavy atom. The summed E-state index contributed by atoms with van der Waals surface area (Å²) in [5.41, 5.74) is 0.430. The van der Waals surface area contributed by atoms with Crippen molar-refractivity contribution in [3.8, 4) is 0 Å². The number of carbonyl (C=O) groups is 1.